The molecule has 20 heavy (non-hydrogen) atoms. The Labute approximate surface area is 121 Å². The van der Waals surface area contributed by atoms with Gasteiger partial charge in [0.1, 0.15) is 0 Å². The number of hydrogen-bond acceptors (Lipinski definition) is 4. The second kappa shape index (κ2) is 6.67. The van der Waals surface area contributed by atoms with Gasteiger partial charge < -0.3 is 10.0 Å². The summed E-state index contributed by atoms with van der Waals surface area (Å²) >= 11 is 0. The Morgan fingerprint density at radius 2 is 1.80 bits per heavy atom. The molecule has 0 unspecified atom stereocenters. The van der Waals surface area contributed by atoms with Gasteiger partial charge >= 0.3 is 0 Å². The number of rotatable bonds is 7. The number of benzene rings is 1. The largest absolute Gasteiger partial charge is 0.389 e. The number of likely N-dealkylation sites (N-methyl/N-ethyl adjacent to an activating group) is 1. The third-order valence-electron chi connectivity index (χ3n) is 2.77. The quantitative estimate of drug-likeness (QED) is 0.787. The third kappa shape index (κ3) is 6.00. The number of sulfonamides is 1. The van der Waals surface area contributed by atoms with Crippen molar-refractivity contribution in [2.75, 3.05) is 26.7 Å². The van der Waals surface area contributed by atoms with E-state index >= 15 is 0 Å². The predicted octanol–water partition coefficient (Wildman–Crippen LogP) is 0.976. The zero-order valence-electron chi connectivity index (χ0n) is 12.5. The van der Waals surface area contributed by atoms with Crippen LogP contribution in [0.5, 0.6) is 0 Å². The van der Waals surface area contributed by atoms with Gasteiger partial charge in [0, 0.05) is 19.6 Å². The van der Waals surface area contributed by atoms with Crippen LogP contribution in [0.4, 0.5) is 0 Å². The van der Waals surface area contributed by atoms with Crippen molar-refractivity contribution in [2.45, 2.75) is 31.3 Å². The highest BCUT2D eigenvalue weighted by Crippen LogP contribution is 2.09. The second-order valence-electron chi connectivity index (χ2n) is 5.76. The van der Waals surface area contributed by atoms with Crippen LogP contribution in [0.25, 0.3) is 0 Å². The first kappa shape index (κ1) is 17.1. The van der Waals surface area contributed by atoms with E-state index in [9.17, 15) is 13.5 Å². The summed E-state index contributed by atoms with van der Waals surface area (Å²) in [5.41, 5.74) is 0.235. The maximum Gasteiger partial charge on any atom is 0.240 e. The SMILES string of the molecule is Cc1ccc(S(=O)(=O)NCCN(C)CC(C)(C)O)cc1. The van der Waals surface area contributed by atoms with Crippen LogP contribution in [0.1, 0.15) is 19.4 Å². The zero-order chi connectivity index (χ0) is 15.4. The van der Waals surface area contributed by atoms with Gasteiger partial charge in [0.2, 0.25) is 10.0 Å². The molecule has 0 aliphatic rings. The van der Waals surface area contributed by atoms with Crippen LogP contribution in [0.2, 0.25) is 0 Å². The molecule has 6 heteroatoms. The van der Waals surface area contributed by atoms with E-state index in [1.165, 1.54) is 0 Å². The molecule has 0 spiro atoms. The summed E-state index contributed by atoms with van der Waals surface area (Å²) in [5, 5.41) is 9.67. The predicted molar refractivity (Wildman–Crippen MR) is 80.2 cm³/mol. The van der Waals surface area contributed by atoms with Gasteiger partial charge in [0.15, 0.2) is 0 Å². The summed E-state index contributed by atoms with van der Waals surface area (Å²) in [5.74, 6) is 0. The van der Waals surface area contributed by atoms with Gasteiger partial charge in [-0.2, -0.15) is 0 Å². The first-order valence-electron chi connectivity index (χ1n) is 6.57. The monoisotopic (exact) mass is 300 g/mol. The molecule has 1 rings (SSSR count). The first-order valence-corrected chi connectivity index (χ1v) is 8.06. The van der Waals surface area contributed by atoms with Crippen molar-refractivity contribution in [1.82, 2.24) is 9.62 Å². The summed E-state index contributed by atoms with van der Waals surface area (Å²) in [7, 11) is -1.61. The van der Waals surface area contributed by atoms with E-state index in [4.69, 9.17) is 0 Å². The molecule has 114 valence electrons. The Balaban J connectivity index is 2.50. The second-order valence-corrected chi connectivity index (χ2v) is 7.53. The molecule has 0 aromatic heterocycles. The zero-order valence-corrected chi connectivity index (χ0v) is 13.4. The van der Waals surface area contributed by atoms with Gasteiger partial charge in [-0.25, -0.2) is 13.1 Å². The van der Waals surface area contributed by atoms with E-state index in [1.54, 1.807) is 38.1 Å². The highest BCUT2D eigenvalue weighted by atomic mass is 32.2. The lowest BCUT2D eigenvalue weighted by atomic mass is 10.1. The van der Waals surface area contributed by atoms with E-state index in [-0.39, 0.29) is 4.90 Å². The van der Waals surface area contributed by atoms with Crippen molar-refractivity contribution in [2.24, 2.45) is 0 Å². The minimum Gasteiger partial charge on any atom is -0.389 e. The van der Waals surface area contributed by atoms with Crippen molar-refractivity contribution in [3.05, 3.63) is 29.8 Å². The van der Waals surface area contributed by atoms with E-state index in [2.05, 4.69) is 4.72 Å². The molecule has 0 bridgehead atoms. The molecule has 0 saturated heterocycles. The van der Waals surface area contributed by atoms with Crippen LogP contribution in [-0.4, -0.2) is 50.7 Å². The fraction of sp³-hybridized carbons (Fsp3) is 0.571. The van der Waals surface area contributed by atoms with Gasteiger partial charge in [0.25, 0.3) is 0 Å². The number of aliphatic hydroxyl groups is 1. The Morgan fingerprint density at radius 1 is 1.25 bits per heavy atom. The summed E-state index contributed by atoms with van der Waals surface area (Å²) in [4.78, 5) is 2.16. The van der Waals surface area contributed by atoms with Crippen LogP contribution in [0.15, 0.2) is 29.2 Å². The number of nitrogens with one attached hydrogen (secondary N) is 1. The average molecular weight is 300 g/mol. The number of aryl methyl sites for hydroxylation is 1. The van der Waals surface area contributed by atoms with E-state index in [0.717, 1.165) is 5.56 Å². The van der Waals surface area contributed by atoms with E-state index in [1.807, 2.05) is 18.9 Å². The normalized spacial score (nSPS) is 12.9. The minimum atomic E-state index is -3.46. The van der Waals surface area contributed by atoms with Crippen LogP contribution in [-0.2, 0) is 10.0 Å². The van der Waals surface area contributed by atoms with Crippen LogP contribution in [0.3, 0.4) is 0 Å². The molecule has 1 aromatic rings. The molecule has 0 saturated carbocycles. The van der Waals surface area contributed by atoms with E-state index < -0.39 is 15.6 Å². The fourth-order valence-corrected chi connectivity index (χ4v) is 2.93. The standard InChI is InChI=1S/C14H24N2O3S/c1-12-5-7-13(8-6-12)20(18,19)15-9-10-16(4)11-14(2,3)17/h5-8,15,17H,9-11H2,1-4H3. The highest BCUT2D eigenvalue weighted by molar-refractivity contribution is 7.89. The molecule has 0 fully saturated rings. The van der Waals surface area contributed by atoms with Gasteiger partial charge in [-0.3, -0.25) is 0 Å². The molecular formula is C14H24N2O3S. The molecule has 1 aromatic carbocycles. The minimum absolute atomic E-state index is 0.272. The lowest BCUT2D eigenvalue weighted by Gasteiger charge is -2.25. The molecule has 0 radical (unpaired) electrons. The maximum absolute atomic E-state index is 12.0. The smallest absolute Gasteiger partial charge is 0.240 e. The first-order chi connectivity index (χ1) is 9.10. The Hall–Kier alpha value is -0.950. The van der Waals surface area contributed by atoms with E-state index in [0.29, 0.717) is 19.6 Å². The van der Waals surface area contributed by atoms with Gasteiger partial charge in [-0.05, 0) is 40.0 Å². The lowest BCUT2D eigenvalue weighted by molar-refractivity contribution is 0.0453. The van der Waals surface area contributed by atoms with Crippen LogP contribution in [0, 0.1) is 6.92 Å². The number of hydrogen-bond donors (Lipinski definition) is 2. The molecule has 0 amide bonds. The fourth-order valence-electron chi connectivity index (χ4n) is 1.91. The highest BCUT2D eigenvalue weighted by Gasteiger charge is 2.17. The summed E-state index contributed by atoms with van der Waals surface area (Å²) in [6, 6.07) is 6.74. The third-order valence-corrected chi connectivity index (χ3v) is 4.25. The molecule has 0 aliphatic heterocycles. The van der Waals surface area contributed by atoms with Crippen LogP contribution >= 0.6 is 0 Å². The van der Waals surface area contributed by atoms with Gasteiger partial charge in [-0.1, -0.05) is 17.7 Å². The van der Waals surface area contributed by atoms with Crippen molar-refractivity contribution in [3.63, 3.8) is 0 Å². The summed E-state index contributed by atoms with van der Waals surface area (Å²) in [6.45, 7) is 6.69. The van der Waals surface area contributed by atoms with Crippen molar-refractivity contribution in [1.29, 1.82) is 0 Å². The Bertz CT molecular complexity index is 518. The topological polar surface area (TPSA) is 69.6 Å². The average Bonchev–Trinajstić information content (AvgIpc) is 2.26. The molecule has 0 heterocycles. The van der Waals surface area contributed by atoms with Gasteiger partial charge in [0.05, 0.1) is 10.5 Å². The van der Waals surface area contributed by atoms with Crippen molar-refractivity contribution >= 4 is 10.0 Å². The van der Waals surface area contributed by atoms with Crippen LogP contribution < -0.4 is 4.72 Å². The summed E-state index contributed by atoms with van der Waals surface area (Å²) < 4.78 is 26.6. The molecular weight excluding hydrogens is 276 g/mol. The molecule has 2 N–H and O–H groups in total. The lowest BCUT2D eigenvalue weighted by Crippen LogP contribution is -2.40. The van der Waals surface area contributed by atoms with Gasteiger partial charge in [-0.15, -0.1) is 0 Å². The summed E-state index contributed by atoms with van der Waals surface area (Å²) in [6.07, 6.45) is 0. The maximum atomic E-state index is 12.0. The Morgan fingerprint density at radius 3 is 2.30 bits per heavy atom. The Kier molecular flexibility index (Phi) is 5.70. The molecule has 0 aliphatic carbocycles. The number of nitrogens with zero attached hydrogens (tertiary/aromatic N) is 1. The molecule has 0 atom stereocenters. The van der Waals surface area contributed by atoms with Crippen molar-refractivity contribution < 1.29 is 13.5 Å². The molecule has 5 nitrogen and oxygen atoms in total. The van der Waals surface area contributed by atoms with Crippen molar-refractivity contribution in [3.8, 4) is 0 Å².